The Morgan fingerprint density at radius 3 is 2.94 bits per heavy atom. The lowest BCUT2D eigenvalue weighted by Gasteiger charge is -2.22. The summed E-state index contributed by atoms with van der Waals surface area (Å²) in [6.07, 6.45) is 0.412. The highest BCUT2D eigenvalue weighted by Crippen LogP contribution is 2.23. The van der Waals surface area contributed by atoms with E-state index in [4.69, 9.17) is 0 Å². The number of carbonyl (C=O) groups excluding carboxylic acids is 2. The zero-order chi connectivity index (χ0) is 12.3. The number of anilines is 1. The number of nitrogens with one attached hydrogen (secondary N) is 1. The minimum Gasteiger partial charge on any atom is -0.360 e. The van der Waals surface area contributed by atoms with E-state index in [1.54, 1.807) is 0 Å². The van der Waals surface area contributed by atoms with Gasteiger partial charge in [-0.25, -0.2) is 0 Å². The molecule has 0 aromatic carbocycles. The Hall–Kier alpha value is -1.15. The third kappa shape index (κ3) is 2.95. The van der Waals surface area contributed by atoms with Gasteiger partial charge in [-0.1, -0.05) is 23.1 Å². The Morgan fingerprint density at radius 1 is 1.41 bits per heavy atom. The zero-order valence-corrected chi connectivity index (χ0v) is 10.9. The van der Waals surface area contributed by atoms with Crippen LogP contribution in [-0.4, -0.2) is 38.5 Å². The number of imide groups is 1. The second kappa shape index (κ2) is 5.46. The molecule has 1 aromatic rings. The molecular formula is C9H12N4O2S2. The fourth-order valence-corrected chi connectivity index (χ4v) is 2.94. The van der Waals surface area contributed by atoms with E-state index in [0.717, 1.165) is 6.54 Å². The van der Waals surface area contributed by atoms with Gasteiger partial charge in [-0.15, -0.1) is 10.2 Å². The largest absolute Gasteiger partial charge is 0.360 e. The van der Waals surface area contributed by atoms with Gasteiger partial charge in [0.1, 0.15) is 5.01 Å². The molecule has 0 unspecified atom stereocenters. The standard InChI is InChI=1S/C9H12N4O2S2/c1-2-10-8-12-11-6(17-8)5-13-7(14)3-4-16-9(13)15/h2-5H2,1H3,(H,10,12). The Bertz CT molecular complexity index is 418. The SMILES string of the molecule is CCNc1nnc(CN2C(=O)CCSC2=O)s1. The molecule has 8 heteroatoms. The molecule has 2 amide bonds. The maximum absolute atomic E-state index is 11.6. The summed E-state index contributed by atoms with van der Waals surface area (Å²) in [6, 6.07) is 0. The molecule has 0 atom stereocenters. The van der Waals surface area contributed by atoms with Crippen LogP contribution in [0, 0.1) is 0 Å². The first-order valence-corrected chi connectivity index (χ1v) is 7.04. The topological polar surface area (TPSA) is 75.2 Å². The molecule has 0 aliphatic carbocycles. The molecule has 0 saturated carbocycles. The summed E-state index contributed by atoms with van der Waals surface area (Å²) in [5.41, 5.74) is 0. The van der Waals surface area contributed by atoms with E-state index in [0.29, 0.717) is 22.3 Å². The fourth-order valence-electron chi connectivity index (χ4n) is 1.37. The number of hydrogen-bond acceptors (Lipinski definition) is 7. The van der Waals surface area contributed by atoms with Crippen LogP contribution in [0.25, 0.3) is 0 Å². The summed E-state index contributed by atoms with van der Waals surface area (Å²) in [5.74, 6) is 0.446. The van der Waals surface area contributed by atoms with Crippen LogP contribution in [0.2, 0.25) is 0 Å². The Morgan fingerprint density at radius 2 is 2.24 bits per heavy atom. The van der Waals surface area contributed by atoms with Crippen LogP contribution < -0.4 is 5.32 Å². The van der Waals surface area contributed by atoms with Crippen molar-refractivity contribution in [1.29, 1.82) is 0 Å². The summed E-state index contributed by atoms with van der Waals surface area (Å²) < 4.78 is 0. The molecule has 2 rings (SSSR count). The molecule has 1 fully saturated rings. The van der Waals surface area contributed by atoms with Crippen molar-refractivity contribution in [1.82, 2.24) is 15.1 Å². The van der Waals surface area contributed by atoms with Crippen LogP contribution in [0.1, 0.15) is 18.4 Å². The van der Waals surface area contributed by atoms with Crippen molar-refractivity contribution in [2.24, 2.45) is 0 Å². The average Bonchev–Trinajstić information content (AvgIpc) is 2.72. The van der Waals surface area contributed by atoms with Gasteiger partial charge in [0, 0.05) is 18.7 Å². The lowest BCUT2D eigenvalue weighted by molar-refractivity contribution is -0.128. The molecule has 1 saturated heterocycles. The maximum atomic E-state index is 11.6. The lowest BCUT2D eigenvalue weighted by Crippen LogP contribution is -2.37. The molecule has 0 spiro atoms. The molecular weight excluding hydrogens is 260 g/mol. The number of amides is 2. The van der Waals surface area contributed by atoms with Gasteiger partial charge in [0.15, 0.2) is 0 Å². The molecule has 17 heavy (non-hydrogen) atoms. The minimum absolute atomic E-state index is 0.131. The highest BCUT2D eigenvalue weighted by Gasteiger charge is 2.27. The lowest BCUT2D eigenvalue weighted by atomic mass is 10.4. The Balaban J connectivity index is 2.03. The van der Waals surface area contributed by atoms with Crippen molar-refractivity contribution < 1.29 is 9.59 Å². The van der Waals surface area contributed by atoms with Crippen LogP contribution in [0.3, 0.4) is 0 Å². The minimum atomic E-state index is -0.193. The van der Waals surface area contributed by atoms with Gasteiger partial charge in [-0.05, 0) is 6.92 Å². The monoisotopic (exact) mass is 272 g/mol. The number of carbonyl (C=O) groups is 2. The summed E-state index contributed by atoms with van der Waals surface area (Å²) >= 11 is 2.54. The van der Waals surface area contributed by atoms with Crippen molar-refractivity contribution in [3.63, 3.8) is 0 Å². The summed E-state index contributed by atoms with van der Waals surface area (Å²) in [4.78, 5) is 24.4. The van der Waals surface area contributed by atoms with Gasteiger partial charge in [0.05, 0.1) is 6.54 Å². The van der Waals surface area contributed by atoms with E-state index in [9.17, 15) is 9.59 Å². The van der Waals surface area contributed by atoms with E-state index in [-0.39, 0.29) is 17.7 Å². The smallest absolute Gasteiger partial charge is 0.288 e. The first-order chi connectivity index (χ1) is 8.20. The molecule has 1 aliphatic heterocycles. The van der Waals surface area contributed by atoms with E-state index in [1.165, 1.54) is 28.0 Å². The number of hydrogen-bond donors (Lipinski definition) is 1. The Labute approximate surface area is 107 Å². The quantitative estimate of drug-likeness (QED) is 0.896. The first kappa shape index (κ1) is 12.3. The second-order valence-corrected chi connectivity index (χ2v) is 5.48. The molecule has 6 nitrogen and oxygen atoms in total. The number of nitrogens with zero attached hydrogens (tertiary/aromatic N) is 3. The third-order valence-electron chi connectivity index (χ3n) is 2.15. The van der Waals surface area contributed by atoms with Gasteiger partial charge >= 0.3 is 0 Å². The highest BCUT2D eigenvalue weighted by molar-refractivity contribution is 8.13. The zero-order valence-electron chi connectivity index (χ0n) is 9.30. The van der Waals surface area contributed by atoms with Crippen molar-refractivity contribution >= 4 is 39.4 Å². The molecule has 1 aliphatic rings. The van der Waals surface area contributed by atoms with Crippen LogP contribution in [-0.2, 0) is 11.3 Å². The van der Waals surface area contributed by atoms with E-state index >= 15 is 0 Å². The van der Waals surface area contributed by atoms with Crippen molar-refractivity contribution in [3.8, 4) is 0 Å². The van der Waals surface area contributed by atoms with Crippen LogP contribution in [0.15, 0.2) is 0 Å². The van der Waals surface area contributed by atoms with Gasteiger partial charge in [0.2, 0.25) is 11.0 Å². The van der Waals surface area contributed by atoms with E-state index in [2.05, 4.69) is 15.5 Å². The molecule has 1 N–H and O–H groups in total. The number of aromatic nitrogens is 2. The molecule has 92 valence electrons. The van der Waals surface area contributed by atoms with Crippen LogP contribution in [0.4, 0.5) is 9.93 Å². The van der Waals surface area contributed by atoms with Crippen LogP contribution >= 0.6 is 23.1 Å². The number of thioether (sulfide) groups is 1. The molecule has 0 bridgehead atoms. The molecule has 0 radical (unpaired) electrons. The fraction of sp³-hybridized carbons (Fsp3) is 0.556. The maximum Gasteiger partial charge on any atom is 0.288 e. The normalized spacial score (nSPS) is 16.4. The predicted octanol–water partition coefficient (Wildman–Crippen LogP) is 1.56. The summed E-state index contributed by atoms with van der Waals surface area (Å²) in [6.45, 7) is 2.97. The van der Waals surface area contributed by atoms with Gasteiger partial charge < -0.3 is 5.32 Å². The van der Waals surface area contributed by atoms with Crippen LogP contribution in [0.5, 0.6) is 0 Å². The van der Waals surface area contributed by atoms with Gasteiger partial charge in [-0.2, -0.15) is 0 Å². The van der Waals surface area contributed by atoms with Crippen molar-refractivity contribution in [3.05, 3.63) is 5.01 Å². The highest BCUT2D eigenvalue weighted by atomic mass is 32.2. The van der Waals surface area contributed by atoms with Gasteiger partial charge in [-0.3, -0.25) is 14.5 Å². The molecule has 1 aromatic heterocycles. The molecule has 2 heterocycles. The first-order valence-electron chi connectivity index (χ1n) is 5.24. The second-order valence-electron chi connectivity index (χ2n) is 3.38. The van der Waals surface area contributed by atoms with Gasteiger partial charge in [0.25, 0.3) is 5.24 Å². The van der Waals surface area contributed by atoms with E-state index < -0.39 is 0 Å². The Kier molecular flexibility index (Phi) is 3.95. The van der Waals surface area contributed by atoms with Crippen molar-refractivity contribution in [2.45, 2.75) is 19.9 Å². The third-order valence-corrected chi connectivity index (χ3v) is 3.89. The predicted molar refractivity (Wildman–Crippen MR) is 67.1 cm³/mol. The summed E-state index contributed by atoms with van der Waals surface area (Å²) in [7, 11) is 0. The number of rotatable bonds is 4. The summed E-state index contributed by atoms with van der Waals surface area (Å²) in [5, 5.41) is 12.1. The van der Waals surface area contributed by atoms with Crippen molar-refractivity contribution in [2.75, 3.05) is 17.6 Å². The average molecular weight is 272 g/mol. The van der Waals surface area contributed by atoms with E-state index in [1.807, 2.05) is 6.92 Å².